The van der Waals surface area contributed by atoms with Gasteiger partial charge in [-0.1, -0.05) is 13.5 Å². The molecule has 0 N–H and O–H groups in total. The molecule has 0 aliphatic heterocycles. The maximum absolute atomic E-state index is 11.3. The van der Waals surface area contributed by atoms with Crippen LogP contribution in [0, 0.1) is 0 Å². The van der Waals surface area contributed by atoms with E-state index in [1.807, 2.05) is 6.92 Å². The summed E-state index contributed by atoms with van der Waals surface area (Å²) in [6.45, 7) is 8.58. The monoisotopic (exact) mass is 242 g/mol. The van der Waals surface area contributed by atoms with Gasteiger partial charge in [0, 0.05) is 11.1 Å². The van der Waals surface area contributed by atoms with Gasteiger partial charge < -0.3 is 9.16 Å². The number of esters is 1. The molecule has 0 saturated heterocycles. The summed E-state index contributed by atoms with van der Waals surface area (Å²) in [5, 5.41) is 0. The fraction of sp³-hybridized carbons (Fsp3) is 0.455. The first-order valence-corrected chi connectivity index (χ1v) is 5.87. The van der Waals surface area contributed by atoms with Gasteiger partial charge in [-0.05, 0) is 26.3 Å². The Hall–Kier alpha value is -1.36. The molecule has 0 bridgehead atoms. The Balaban J connectivity index is 4.58. The van der Waals surface area contributed by atoms with Crippen LogP contribution in [0.25, 0.3) is 0 Å². The highest BCUT2D eigenvalue weighted by Crippen LogP contribution is 2.08. The molecule has 0 aromatic rings. The summed E-state index contributed by atoms with van der Waals surface area (Å²) >= 11 is 0. The lowest BCUT2D eigenvalue weighted by Gasteiger charge is -2.13. The average molecular weight is 242 g/mol. The summed E-state index contributed by atoms with van der Waals surface area (Å²) in [7, 11) is 0.356. The minimum atomic E-state index is -0.449. The molecule has 0 aromatic heterocycles. The van der Waals surface area contributed by atoms with E-state index in [1.54, 1.807) is 19.9 Å². The summed E-state index contributed by atoms with van der Waals surface area (Å²) in [5.74, 6) is -0.813. The molecule has 5 heteroatoms. The molecule has 4 nitrogen and oxygen atoms in total. The standard InChI is InChI=1S/C11H18O4Si/c1-5-9(14-10(12)7(2)3)6-8(4)11(13)15-16/h6,9H,2,5H2,1,3-4,16H3. The van der Waals surface area contributed by atoms with Gasteiger partial charge in [0.15, 0.2) is 0 Å². The summed E-state index contributed by atoms with van der Waals surface area (Å²) in [6.07, 6.45) is 1.79. The highest BCUT2D eigenvalue weighted by Gasteiger charge is 2.13. The van der Waals surface area contributed by atoms with E-state index in [2.05, 4.69) is 11.0 Å². The molecule has 0 aromatic carbocycles. The Morgan fingerprint density at radius 1 is 1.38 bits per heavy atom. The quantitative estimate of drug-likeness (QED) is 0.403. The summed E-state index contributed by atoms with van der Waals surface area (Å²) in [6, 6.07) is 0. The molecular weight excluding hydrogens is 224 g/mol. The molecule has 16 heavy (non-hydrogen) atoms. The number of rotatable bonds is 5. The summed E-state index contributed by atoms with van der Waals surface area (Å²) in [5.41, 5.74) is 0.798. The Morgan fingerprint density at radius 3 is 2.31 bits per heavy atom. The van der Waals surface area contributed by atoms with Crippen LogP contribution < -0.4 is 0 Å². The van der Waals surface area contributed by atoms with Crippen LogP contribution in [0.1, 0.15) is 27.2 Å². The fourth-order valence-electron chi connectivity index (χ4n) is 0.981. The van der Waals surface area contributed by atoms with Gasteiger partial charge >= 0.3 is 11.9 Å². The van der Waals surface area contributed by atoms with Crippen LogP contribution in [0.15, 0.2) is 23.8 Å². The van der Waals surface area contributed by atoms with Crippen molar-refractivity contribution in [3.63, 3.8) is 0 Å². The average Bonchev–Trinajstić information content (AvgIpc) is 2.26. The molecule has 0 saturated carbocycles. The first kappa shape index (κ1) is 14.6. The van der Waals surface area contributed by atoms with Crippen molar-refractivity contribution in [1.82, 2.24) is 0 Å². The third kappa shape index (κ3) is 4.93. The highest BCUT2D eigenvalue weighted by atomic mass is 28.2. The van der Waals surface area contributed by atoms with E-state index in [0.717, 1.165) is 0 Å². The second-order valence-electron chi connectivity index (χ2n) is 3.47. The van der Waals surface area contributed by atoms with Gasteiger partial charge in [0.1, 0.15) is 6.10 Å². The number of hydrogen-bond donors (Lipinski definition) is 0. The van der Waals surface area contributed by atoms with Crippen molar-refractivity contribution >= 4 is 22.4 Å². The highest BCUT2D eigenvalue weighted by molar-refractivity contribution is 6.09. The lowest BCUT2D eigenvalue weighted by molar-refractivity contribution is -0.142. The Morgan fingerprint density at radius 2 is 1.94 bits per heavy atom. The lowest BCUT2D eigenvalue weighted by atomic mass is 10.2. The van der Waals surface area contributed by atoms with Gasteiger partial charge in [-0.3, -0.25) is 0 Å². The molecule has 0 rings (SSSR count). The molecule has 0 amide bonds. The van der Waals surface area contributed by atoms with Crippen LogP contribution in [-0.2, 0) is 18.8 Å². The van der Waals surface area contributed by atoms with E-state index >= 15 is 0 Å². The minimum Gasteiger partial charge on any atom is -0.526 e. The van der Waals surface area contributed by atoms with Crippen molar-refractivity contribution in [3.05, 3.63) is 23.8 Å². The molecule has 0 heterocycles. The van der Waals surface area contributed by atoms with Crippen LogP contribution in [0.5, 0.6) is 0 Å². The van der Waals surface area contributed by atoms with Crippen molar-refractivity contribution in [2.45, 2.75) is 33.3 Å². The molecule has 0 radical (unpaired) electrons. The Bertz CT molecular complexity index is 320. The van der Waals surface area contributed by atoms with Gasteiger partial charge in [-0.15, -0.1) is 0 Å². The number of ether oxygens (including phenoxy) is 1. The summed E-state index contributed by atoms with van der Waals surface area (Å²) in [4.78, 5) is 22.4. The second-order valence-corrected chi connectivity index (χ2v) is 3.88. The van der Waals surface area contributed by atoms with E-state index in [9.17, 15) is 9.59 Å². The zero-order chi connectivity index (χ0) is 12.7. The van der Waals surface area contributed by atoms with E-state index in [4.69, 9.17) is 4.74 Å². The van der Waals surface area contributed by atoms with Crippen LogP contribution in [0.2, 0.25) is 0 Å². The molecule has 1 atom stereocenters. The number of carbonyl (C=O) groups is 2. The molecule has 0 spiro atoms. The van der Waals surface area contributed by atoms with Gasteiger partial charge in [-0.25, -0.2) is 9.59 Å². The third-order valence-corrected chi connectivity index (χ3v) is 2.32. The van der Waals surface area contributed by atoms with E-state index in [1.165, 1.54) is 0 Å². The van der Waals surface area contributed by atoms with Crippen molar-refractivity contribution in [1.29, 1.82) is 0 Å². The largest absolute Gasteiger partial charge is 0.526 e. The van der Waals surface area contributed by atoms with Crippen molar-refractivity contribution < 1.29 is 18.8 Å². The van der Waals surface area contributed by atoms with Gasteiger partial charge in [-0.2, -0.15) is 0 Å². The van der Waals surface area contributed by atoms with Gasteiger partial charge in [0.25, 0.3) is 0 Å². The van der Waals surface area contributed by atoms with E-state index in [0.29, 0.717) is 28.1 Å². The third-order valence-electron chi connectivity index (χ3n) is 1.95. The van der Waals surface area contributed by atoms with Crippen LogP contribution in [-0.4, -0.2) is 28.5 Å². The predicted molar refractivity (Wildman–Crippen MR) is 64.8 cm³/mol. The Kier molecular flexibility index (Phi) is 6.40. The fourth-order valence-corrected chi connectivity index (χ4v) is 1.30. The zero-order valence-corrected chi connectivity index (χ0v) is 12.2. The first-order valence-electron chi connectivity index (χ1n) is 5.05. The molecule has 0 aliphatic carbocycles. The normalized spacial score (nSPS) is 13.1. The van der Waals surface area contributed by atoms with E-state index in [-0.39, 0.29) is 5.97 Å². The number of carbonyl (C=O) groups excluding carboxylic acids is 2. The SMILES string of the molecule is C=C(C)C(=O)OC(C=C(C)C(=O)O[SiH3])CC. The maximum Gasteiger partial charge on any atom is 0.333 e. The van der Waals surface area contributed by atoms with Crippen molar-refractivity contribution in [2.75, 3.05) is 0 Å². The molecular formula is C11H18O4Si. The Labute approximate surface area is 98.9 Å². The van der Waals surface area contributed by atoms with E-state index < -0.39 is 12.1 Å². The number of hydrogen-bond acceptors (Lipinski definition) is 4. The molecule has 1 unspecified atom stereocenters. The van der Waals surface area contributed by atoms with Crippen molar-refractivity contribution in [3.8, 4) is 0 Å². The maximum atomic E-state index is 11.3. The minimum absolute atomic E-state index is 0.343. The van der Waals surface area contributed by atoms with Crippen LogP contribution >= 0.6 is 0 Å². The summed E-state index contributed by atoms with van der Waals surface area (Å²) < 4.78 is 9.80. The van der Waals surface area contributed by atoms with Crippen molar-refractivity contribution in [2.24, 2.45) is 0 Å². The van der Waals surface area contributed by atoms with Crippen LogP contribution in [0.4, 0.5) is 0 Å². The van der Waals surface area contributed by atoms with Crippen LogP contribution in [0.3, 0.4) is 0 Å². The molecule has 0 aliphatic rings. The first-order chi connectivity index (χ1) is 7.42. The molecule has 90 valence electrons. The smallest absolute Gasteiger partial charge is 0.333 e. The van der Waals surface area contributed by atoms with Gasteiger partial charge in [0.2, 0.25) is 10.5 Å². The molecule has 0 fully saturated rings. The van der Waals surface area contributed by atoms with Gasteiger partial charge in [0.05, 0.1) is 0 Å². The predicted octanol–water partition coefficient (Wildman–Crippen LogP) is 0.654. The lowest BCUT2D eigenvalue weighted by Crippen LogP contribution is -2.17. The zero-order valence-electron chi connectivity index (χ0n) is 10.2. The second kappa shape index (κ2) is 7.00. The topological polar surface area (TPSA) is 52.6 Å².